The Balaban J connectivity index is 1.43. The van der Waals surface area contributed by atoms with E-state index in [2.05, 4.69) is 45.9 Å². The standard InChI is InChI=1S/C33H37FN6O2/c1-3-28(41)40-16-8-11-22(40)18-36-30-26(17-35)33(42-20-23-12-7-15-39(23)2)38-32-27(30)19-37-31(29(32)34)25-14-6-10-21-9-4-5-13-24(21)25/h3,6,10,14,19,22-23H,1,4-5,7-9,11-13,15-16,18,20H2,2H3,(H,36,38)/t22-,23-/m0/s1. The maximum atomic E-state index is 16.5. The molecule has 218 valence electrons. The number of rotatable bonds is 8. The maximum absolute atomic E-state index is 16.5. The first-order chi connectivity index (χ1) is 20.5. The Kier molecular flexibility index (Phi) is 8.07. The Morgan fingerprint density at radius 2 is 2.02 bits per heavy atom. The molecule has 2 saturated heterocycles. The number of aryl methyl sites for hydroxylation is 1. The van der Waals surface area contributed by atoms with Crippen molar-refractivity contribution in [3.05, 3.63) is 59.6 Å². The van der Waals surface area contributed by atoms with Crippen molar-refractivity contribution in [3.8, 4) is 23.2 Å². The Morgan fingerprint density at radius 1 is 1.21 bits per heavy atom. The molecule has 1 amide bonds. The summed E-state index contributed by atoms with van der Waals surface area (Å²) in [7, 11) is 2.06. The van der Waals surface area contributed by atoms with E-state index in [4.69, 9.17) is 4.74 Å². The van der Waals surface area contributed by atoms with Gasteiger partial charge in [-0.25, -0.2) is 9.37 Å². The number of fused-ring (bicyclic) bond motifs is 2. The Morgan fingerprint density at radius 3 is 2.81 bits per heavy atom. The normalized spacial score (nSPS) is 20.4. The average molecular weight is 569 g/mol. The van der Waals surface area contributed by atoms with Crippen LogP contribution in [0.3, 0.4) is 0 Å². The van der Waals surface area contributed by atoms with Gasteiger partial charge in [0.25, 0.3) is 0 Å². The monoisotopic (exact) mass is 568 g/mol. The molecule has 2 aliphatic heterocycles. The molecule has 8 nitrogen and oxygen atoms in total. The zero-order valence-corrected chi connectivity index (χ0v) is 24.2. The van der Waals surface area contributed by atoms with Crippen molar-refractivity contribution >= 4 is 22.5 Å². The van der Waals surface area contributed by atoms with Gasteiger partial charge in [0, 0.05) is 42.3 Å². The van der Waals surface area contributed by atoms with Crippen LogP contribution in [0.25, 0.3) is 22.2 Å². The highest BCUT2D eigenvalue weighted by Crippen LogP contribution is 2.38. The lowest BCUT2D eigenvalue weighted by molar-refractivity contribution is -0.126. The highest BCUT2D eigenvalue weighted by Gasteiger charge is 2.29. The molecule has 2 fully saturated rings. The molecule has 42 heavy (non-hydrogen) atoms. The van der Waals surface area contributed by atoms with Gasteiger partial charge in [-0.15, -0.1) is 0 Å². The number of amides is 1. The van der Waals surface area contributed by atoms with Gasteiger partial charge >= 0.3 is 0 Å². The fourth-order valence-corrected chi connectivity index (χ4v) is 6.79. The molecule has 3 aromatic rings. The van der Waals surface area contributed by atoms with Crippen LogP contribution in [-0.2, 0) is 17.6 Å². The molecular formula is C33H37FN6O2. The molecular weight excluding hydrogens is 531 g/mol. The SMILES string of the molecule is C=CC(=O)N1CCC[C@H]1CNc1c(C#N)c(OC[C@@H]2CCCN2C)nc2c(F)c(-c3cccc4c3CCCC4)ncc12. The van der Waals surface area contributed by atoms with E-state index in [0.717, 1.165) is 69.0 Å². The highest BCUT2D eigenvalue weighted by atomic mass is 19.1. The Hall–Kier alpha value is -4.03. The second-order valence-corrected chi connectivity index (χ2v) is 11.6. The fourth-order valence-electron chi connectivity index (χ4n) is 6.79. The summed E-state index contributed by atoms with van der Waals surface area (Å²) in [5.74, 6) is -0.525. The molecule has 9 heteroatoms. The van der Waals surface area contributed by atoms with Crippen molar-refractivity contribution in [1.82, 2.24) is 19.8 Å². The minimum absolute atomic E-state index is 0.0744. The number of halogens is 1. The summed E-state index contributed by atoms with van der Waals surface area (Å²) < 4.78 is 22.7. The first-order valence-electron chi connectivity index (χ1n) is 15.0. The molecule has 1 aromatic carbocycles. The number of benzene rings is 1. The van der Waals surface area contributed by atoms with Crippen LogP contribution in [0, 0.1) is 17.1 Å². The van der Waals surface area contributed by atoms with Gasteiger partial charge in [0.1, 0.15) is 29.5 Å². The van der Waals surface area contributed by atoms with E-state index in [9.17, 15) is 10.1 Å². The zero-order valence-electron chi connectivity index (χ0n) is 24.2. The lowest BCUT2D eigenvalue weighted by Crippen LogP contribution is -2.38. The molecule has 0 bridgehead atoms. The number of hydrogen-bond acceptors (Lipinski definition) is 7. The number of nitrogens with one attached hydrogen (secondary N) is 1. The molecule has 2 aromatic heterocycles. The third-order valence-corrected chi connectivity index (χ3v) is 9.14. The molecule has 3 aliphatic rings. The summed E-state index contributed by atoms with van der Waals surface area (Å²) in [6.45, 7) is 6.04. The van der Waals surface area contributed by atoms with Gasteiger partial charge in [-0.1, -0.05) is 24.8 Å². The molecule has 4 heterocycles. The number of ether oxygens (including phenoxy) is 1. The van der Waals surface area contributed by atoms with Crippen molar-refractivity contribution in [2.24, 2.45) is 0 Å². The van der Waals surface area contributed by atoms with Crippen molar-refractivity contribution < 1.29 is 13.9 Å². The van der Waals surface area contributed by atoms with Crippen molar-refractivity contribution in [2.45, 2.75) is 63.5 Å². The van der Waals surface area contributed by atoms with Crippen molar-refractivity contribution in [1.29, 1.82) is 5.26 Å². The van der Waals surface area contributed by atoms with E-state index in [0.29, 0.717) is 30.8 Å². The minimum Gasteiger partial charge on any atom is -0.475 e. The largest absolute Gasteiger partial charge is 0.475 e. The number of nitriles is 1. The van der Waals surface area contributed by atoms with E-state index in [1.807, 2.05) is 12.1 Å². The summed E-state index contributed by atoms with van der Waals surface area (Å²) in [4.78, 5) is 25.7. The summed E-state index contributed by atoms with van der Waals surface area (Å²) >= 11 is 0. The first kappa shape index (κ1) is 28.1. The summed E-state index contributed by atoms with van der Waals surface area (Å²) in [6, 6.07) is 8.41. The number of anilines is 1. The van der Waals surface area contributed by atoms with Crippen LogP contribution < -0.4 is 10.1 Å². The fraction of sp³-hybridized carbons (Fsp3) is 0.455. The van der Waals surface area contributed by atoms with E-state index >= 15 is 4.39 Å². The quantitative estimate of drug-likeness (QED) is 0.371. The predicted octanol–water partition coefficient (Wildman–Crippen LogP) is 5.25. The number of likely N-dealkylation sites (N-methyl/N-ethyl adjacent to an activating group) is 1. The smallest absolute Gasteiger partial charge is 0.246 e. The summed E-state index contributed by atoms with van der Waals surface area (Å²) in [5.41, 5.74) is 4.23. The maximum Gasteiger partial charge on any atom is 0.246 e. The Labute approximate surface area is 246 Å². The van der Waals surface area contributed by atoms with Crippen LogP contribution in [0.15, 0.2) is 37.1 Å². The van der Waals surface area contributed by atoms with Gasteiger partial charge in [0.2, 0.25) is 11.8 Å². The van der Waals surface area contributed by atoms with Crippen LogP contribution in [0.2, 0.25) is 0 Å². The van der Waals surface area contributed by atoms with E-state index in [1.165, 1.54) is 11.6 Å². The second-order valence-electron chi connectivity index (χ2n) is 11.6. The van der Waals surface area contributed by atoms with E-state index < -0.39 is 5.82 Å². The van der Waals surface area contributed by atoms with Crippen LogP contribution in [0.5, 0.6) is 5.88 Å². The number of carbonyl (C=O) groups excluding carboxylic acids is 1. The van der Waals surface area contributed by atoms with Crippen LogP contribution in [0.4, 0.5) is 10.1 Å². The van der Waals surface area contributed by atoms with Crippen molar-refractivity contribution in [3.63, 3.8) is 0 Å². The van der Waals surface area contributed by atoms with Gasteiger partial charge in [-0.05, 0) is 82.2 Å². The lowest BCUT2D eigenvalue weighted by Gasteiger charge is -2.25. The molecule has 0 saturated carbocycles. The van der Waals surface area contributed by atoms with E-state index in [1.54, 1.807) is 11.1 Å². The van der Waals surface area contributed by atoms with Crippen LogP contribution in [-0.4, -0.2) is 71.0 Å². The second kappa shape index (κ2) is 12.1. The van der Waals surface area contributed by atoms with Gasteiger partial charge < -0.3 is 19.9 Å². The van der Waals surface area contributed by atoms with Gasteiger partial charge in [0.05, 0.1) is 5.69 Å². The number of aromatic nitrogens is 2. The molecule has 1 N–H and O–H groups in total. The highest BCUT2D eigenvalue weighted by molar-refractivity contribution is 5.97. The topological polar surface area (TPSA) is 94.4 Å². The van der Waals surface area contributed by atoms with Crippen LogP contribution in [0.1, 0.15) is 55.2 Å². The minimum atomic E-state index is -0.522. The third kappa shape index (κ3) is 5.20. The summed E-state index contributed by atoms with van der Waals surface area (Å²) in [6.07, 6.45) is 10.8. The van der Waals surface area contributed by atoms with Crippen molar-refractivity contribution in [2.75, 3.05) is 38.6 Å². The van der Waals surface area contributed by atoms with Gasteiger partial charge in [0.15, 0.2) is 5.82 Å². The molecule has 1 aliphatic carbocycles. The average Bonchev–Trinajstić information content (AvgIpc) is 3.66. The molecule has 2 atom stereocenters. The Bertz CT molecular complexity index is 1570. The summed E-state index contributed by atoms with van der Waals surface area (Å²) in [5, 5.41) is 14.1. The molecule has 0 radical (unpaired) electrons. The molecule has 6 rings (SSSR count). The first-order valence-corrected chi connectivity index (χ1v) is 15.0. The number of nitrogens with zero attached hydrogens (tertiary/aromatic N) is 5. The van der Waals surface area contributed by atoms with E-state index in [-0.39, 0.29) is 40.6 Å². The van der Waals surface area contributed by atoms with Gasteiger partial charge in [-0.2, -0.15) is 5.26 Å². The third-order valence-electron chi connectivity index (χ3n) is 9.14. The molecule has 0 spiro atoms. The van der Waals surface area contributed by atoms with Crippen LogP contribution >= 0.6 is 0 Å². The number of hydrogen-bond donors (Lipinski definition) is 1. The number of carbonyl (C=O) groups is 1. The van der Waals surface area contributed by atoms with Gasteiger partial charge in [-0.3, -0.25) is 9.78 Å². The predicted molar refractivity (Wildman–Crippen MR) is 161 cm³/mol. The molecule has 0 unspecified atom stereocenters. The lowest BCUT2D eigenvalue weighted by atomic mass is 9.87. The number of likely N-dealkylation sites (tertiary alicyclic amines) is 2. The number of pyridine rings is 2. The zero-order chi connectivity index (χ0) is 29.2.